The lowest BCUT2D eigenvalue weighted by Gasteiger charge is -2.18. The predicted octanol–water partition coefficient (Wildman–Crippen LogP) is 1.78. The lowest BCUT2D eigenvalue weighted by Crippen LogP contribution is -2.16. The summed E-state index contributed by atoms with van der Waals surface area (Å²) in [6, 6.07) is 6.57. The fourth-order valence-electron chi connectivity index (χ4n) is 1.70. The minimum Gasteiger partial charge on any atom is -0.494 e. The van der Waals surface area contributed by atoms with Gasteiger partial charge in [-0.3, -0.25) is 5.10 Å². The smallest absolute Gasteiger partial charge is 0.167 e. The molecule has 0 saturated carbocycles. The summed E-state index contributed by atoms with van der Waals surface area (Å²) in [5.41, 5.74) is 7.14. The Morgan fingerprint density at radius 1 is 1.44 bits per heavy atom. The molecule has 0 radical (unpaired) electrons. The van der Waals surface area contributed by atoms with Crippen molar-refractivity contribution in [1.82, 2.24) is 10.2 Å². The number of aromatic nitrogens is 2. The van der Waals surface area contributed by atoms with Crippen molar-refractivity contribution in [3.8, 4) is 5.75 Å². The molecule has 0 amide bonds. The minimum atomic E-state index is -0.383. The minimum absolute atomic E-state index is 0.234. The van der Waals surface area contributed by atoms with Crippen LogP contribution in [0.3, 0.4) is 0 Å². The number of hydrogen-bond acceptors (Lipinski definition) is 4. The quantitative estimate of drug-likeness (QED) is 0.868. The van der Waals surface area contributed by atoms with Crippen molar-refractivity contribution < 1.29 is 9.13 Å². The summed E-state index contributed by atoms with van der Waals surface area (Å²) in [5, 5.41) is 6.65. The number of aromatic amines is 1. The third-order valence-electron chi connectivity index (χ3n) is 2.63. The van der Waals surface area contributed by atoms with Gasteiger partial charge in [0.05, 0.1) is 19.3 Å². The molecule has 1 aromatic heterocycles. The van der Waals surface area contributed by atoms with Crippen LogP contribution in [-0.2, 0) is 6.54 Å². The van der Waals surface area contributed by atoms with Crippen LogP contribution in [0.5, 0.6) is 5.75 Å². The lowest BCUT2D eigenvalue weighted by molar-refractivity contribution is 0.386. The highest BCUT2D eigenvalue weighted by Crippen LogP contribution is 2.23. The van der Waals surface area contributed by atoms with Crippen LogP contribution in [0.25, 0.3) is 0 Å². The zero-order valence-corrected chi connectivity index (χ0v) is 10.3. The van der Waals surface area contributed by atoms with E-state index in [1.165, 1.54) is 13.2 Å². The van der Waals surface area contributed by atoms with Gasteiger partial charge in [0, 0.05) is 24.9 Å². The van der Waals surface area contributed by atoms with Crippen molar-refractivity contribution in [3.05, 3.63) is 35.8 Å². The van der Waals surface area contributed by atoms with E-state index >= 15 is 0 Å². The molecule has 1 aromatic carbocycles. The van der Waals surface area contributed by atoms with Crippen molar-refractivity contribution in [3.63, 3.8) is 0 Å². The van der Waals surface area contributed by atoms with Gasteiger partial charge in [-0.05, 0) is 12.1 Å². The van der Waals surface area contributed by atoms with Crippen LogP contribution >= 0.6 is 0 Å². The highest BCUT2D eigenvalue weighted by Gasteiger charge is 2.08. The molecule has 0 aliphatic rings. The highest BCUT2D eigenvalue weighted by atomic mass is 19.1. The fraction of sp³-hybridized carbons (Fsp3) is 0.250. The molecule has 0 aliphatic carbocycles. The summed E-state index contributed by atoms with van der Waals surface area (Å²) in [6.45, 7) is 0.565. The van der Waals surface area contributed by atoms with Gasteiger partial charge in [0.2, 0.25) is 0 Å². The second kappa shape index (κ2) is 4.95. The average Bonchev–Trinajstić information content (AvgIpc) is 2.74. The Bertz CT molecular complexity index is 541. The third kappa shape index (κ3) is 2.53. The second-order valence-electron chi connectivity index (χ2n) is 3.99. The first-order valence-corrected chi connectivity index (χ1v) is 5.44. The Morgan fingerprint density at radius 2 is 2.22 bits per heavy atom. The van der Waals surface area contributed by atoms with E-state index in [0.29, 0.717) is 12.4 Å². The first-order chi connectivity index (χ1) is 8.60. The number of nitrogens with zero attached hydrogens (tertiary/aromatic N) is 2. The van der Waals surface area contributed by atoms with Gasteiger partial charge < -0.3 is 15.4 Å². The van der Waals surface area contributed by atoms with Crippen molar-refractivity contribution in [1.29, 1.82) is 0 Å². The molecule has 0 saturated heterocycles. The van der Waals surface area contributed by atoms with Gasteiger partial charge in [-0.25, -0.2) is 4.39 Å². The van der Waals surface area contributed by atoms with Gasteiger partial charge in [0.1, 0.15) is 5.82 Å². The summed E-state index contributed by atoms with van der Waals surface area (Å²) in [6.07, 6.45) is 0. The summed E-state index contributed by atoms with van der Waals surface area (Å²) >= 11 is 0. The second-order valence-corrected chi connectivity index (χ2v) is 3.99. The van der Waals surface area contributed by atoms with E-state index in [4.69, 9.17) is 10.5 Å². The molecule has 2 aromatic rings. The maximum absolute atomic E-state index is 13.6. The van der Waals surface area contributed by atoms with Crippen LogP contribution in [0.15, 0.2) is 24.3 Å². The van der Waals surface area contributed by atoms with Crippen LogP contribution in [-0.4, -0.2) is 24.4 Å². The number of hydrogen-bond donors (Lipinski definition) is 2. The molecule has 0 unspecified atom stereocenters. The molecule has 6 heteroatoms. The lowest BCUT2D eigenvalue weighted by atomic mass is 10.2. The number of rotatable bonds is 4. The maximum atomic E-state index is 13.6. The molecule has 2 rings (SSSR count). The van der Waals surface area contributed by atoms with Gasteiger partial charge in [0.15, 0.2) is 11.6 Å². The number of nitrogen functional groups attached to an aromatic ring is 1. The van der Waals surface area contributed by atoms with Crippen molar-refractivity contribution in [2.45, 2.75) is 6.54 Å². The first-order valence-electron chi connectivity index (χ1n) is 5.44. The van der Waals surface area contributed by atoms with E-state index in [-0.39, 0.29) is 11.6 Å². The largest absolute Gasteiger partial charge is 0.494 e. The normalized spacial score (nSPS) is 10.4. The van der Waals surface area contributed by atoms with Crippen LogP contribution in [0, 0.1) is 5.82 Å². The molecular formula is C12H15FN4O. The summed E-state index contributed by atoms with van der Waals surface area (Å²) in [4.78, 5) is 1.88. The first kappa shape index (κ1) is 12.2. The molecule has 0 atom stereocenters. The van der Waals surface area contributed by atoms with Gasteiger partial charge >= 0.3 is 0 Å². The van der Waals surface area contributed by atoms with Gasteiger partial charge in [-0.2, -0.15) is 5.10 Å². The van der Waals surface area contributed by atoms with Crippen LogP contribution in [0.2, 0.25) is 0 Å². The van der Waals surface area contributed by atoms with E-state index in [1.807, 2.05) is 11.9 Å². The highest BCUT2D eigenvalue weighted by molar-refractivity contribution is 5.49. The zero-order valence-electron chi connectivity index (χ0n) is 10.3. The van der Waals surface area contributed by atoms with Crippen molar-refractivity contribution in [2.75, 3.05) is 24.8 Å². The maximum Gasteiger partial charge on any atom is 0.167 e. The summed E-state index contributed by atoms with van der Waals surface area (Å²) in [7, 11) is 3.30. The molecule has 0 fully saturated rings. The molecule has 0 aliphatic heterocycles. The Morgan fingerprint density at radius 3 is 2.78 bits per heavy atom. The number of H-pyrrole nitrogens is 1. The Labute approximate surface area is 104 Å². The average molecular weight is 250 g/mol. The van der Waals surface area contributed by atoms with Crippen LogP contribution in [0.4, 0.5) is 15.9 Å². The number of halogens is 1. The number of nitrogens with one attached hydrogen (secondary N) is 1. The topological polar surface area (TPSA) is 67.2 Å². The fourth-order valence-corrected chi connectivity index (χ4v) is 1.70. The van der Waals surface area contributed by atoms with Crippen LogP contribution < -0.4 is 15.4 Å². The van der Waals surface area contributed by atoms with E-state index in [9.17, 15) is 4.39 Å². The molecule has 96 valence electrons. The standard InChI is InChI=1S/C12H15FN4O/c1-17(7-8-5-12(14)16-15-8)9-3-4-11(18-2)10(13)6-9/h3-6H,7H2,1-2H3,(H3,14,15,16). The monoisotopic (exact) mass is 250 g/mol. The number of nitrogens with two attached hydrogens (primary N) is 1. The molecule has 5 nitrogen and oxygen atoms in total. The predicted molar refractivity (Wildman–Crippen MR) is 68.1 cm³/mol. The number of ether oxygens (including phenoxy) is 1. The molecule has 3 N–H and O–H groups in total. The Hall–Kier alpha value is -2.24. The summed E-state index contributed by atoms with van der Waals surface area (Å²) < 4.78 is 18.4. The van der Waals surface area contributed by atoms with E-state index < -0.39 is 0 Å². The zero-order chi connectivity index (χ0) is 13.1. The Kier molecular flexibility index (Phi) is 3.36. The number of benzene rings is 1. The van der Waals surface area contributed by atoms with Crippen molar-refractivity contribution >= 4 is 11.5 Å². The Balaban J connectivity index is 2.13. The number of anilines is 2. The van der Waals surface area contributed by atoms with Gasteiger partial charge in [-0.15, -0.1) is 0 Å². The van der Waals surface area contributed by atoms with E-state index in [1.54, 1.807) is 18.2 Å². The number of methoxy groups -OCH3 is 1. The molecular weight excluding hydrogens is 235 g/mol. The molecule has 18 heavy (non-hydrogen) atoms. The molecule has 0 spiro atoms. The van der Waals surface area contributed by atoms with E-state index in [0.717, 1.165) is 11.4 Å². The SMILES string of the molecule is COc1ccc(N(C)Cc2cc(N)n[nH]2)cc1F. The molecule has 0 bridgehead atoms. The third-order valence-corrected chi connectivity index (χ3v) is 2.63. The van der Waals surface area contributed by atoms with Crippen LogP contribution in [0.1, 0.15) is 5.69 Å². The summed E-state index contributed by atoms with van der Waals surface area (Å²) in [5.74, 6) is 0.295. The van der Waals surface area contributed by atoms with Gasteiger partial charge in [-0.1, -0.05) is 0 Å². The molecule has 1 heterocycles. The van der Waals surface area contributed by atoms with Gasteiger partial charge in [0.25, 0.3) is 0 Å². The van der Waals surface area contributed by atoms with E-state index in [2.05, 4.69) is 10.2 Å². The van der Waals surface area contributed by atoms with Crippen molar-refractivity contribution in [2.24, 2.45) is 0 Å².